The highest BCUT2D eigenvalue weighted by Gasteiger charge is 2.34. The van der Waals surface area contributed by atoms with Crippen molar-refractivity contribution in [2.75, 3.05) is 25.0 Å². The summed E-state index contributed by atoms with van der Waals surface area (Å²) in [7, 11) is 0. The van der Waals surface area contributed by atoms with Crippen LogP contribution in [0.3, 0.4) is 0 Å². The summed E-state index contributed by atoms with van der Waals surface area (Å²) < 4.78 is 2.30. The zero-order valence-electron chi connectivity index (χ0n) is 12.2. The predicted molar refractivity (Wildman–Crippen MR) is 78.4 cm³/mol. The number of nitrogens with zero attached hydrogens (tertiary/aromatic N) is 3. The first-order valence-corrected chi connectivity index (χ1v) is 7.79. The first-order chi connectivity index (χ1) is 9.26. The maximum Gasteiger partial charge on any atom is 0.203 e. The van der Waals surface area contributed by atoms with E-state index in [1.165, 1.54) is 45.3 Å². The molecule has 4 heteroatoms. The molecule has 2 bridgehead atoms. The van der Waals surface area contributed by atoms with Crippen LogP contribution in [0.25, 0.3) is 0 Å². The molecule has 1 aromatic heterocycles. The van der Waals surface area contributed by atoms with Gasteiger partial charge in [0, 0.05) is 25.3 Å². The molecule has 0 spiro atoms. The van der Waals surface area contributed by atoms with Crippen LogP contribution in [0, 0.1) is 12.8 Å². The van der Waals surface area contributed by atoms with Gasteiger partial charge in [0.15, 0.2) is 0 Å². The molecule has 1 aromatic rings. The lowest BCUT2D eigenvalue weighted by molar-refractivity contribution is 0.0970. The fraction of sp³-hybridized carbons (Fsp3) is 0.800. The van der Waals surface area contributed by atoms with Crippen LogP contribution in [0.1, 0.15) is 38.3 Å². The topological polar surface area (TPSA) is 33.1 Å². The van der Waals surface area contributed by atoms with Crippen molar-refractivity contribution in [3.05, 3.63) is 11.9 Å². The molecule has 106 valence electrons. The summed E-state index contributed by atoms with van der Waals surface area (Å²) in [6.07, 6.45) is 7.35. The molecule has 1 unspecified atom stereocenters. The lowest BCUT2D eigenvalue weighted by Crippen LogP contribution is -2.53. The number of anilines is 1. The van der Waals surface area contributed by atoms with Gasteiger partial charge in [-0.3, -0.25) is 0 Å². The minimum atomic E-state index is 0.602. The van der Waals surface area contributed by atoms with Gasteiger partial charge in [0.25, 0.3) is 0 Å². The Kier molecular flexibility index (Phi) is 3.78. The number of imidazole rings is 1. The van der Waals surface area contributed by atoms with Crippen molar-refractivity contribution >= 4 is 5.95 Å². The van der Waals surface area contributed by atoms with E-state index in [4.69, 9.17) is 0 Å². The van der Waals surface area contributed by atoms with Gasteiger partial charge in [-0.05, 0) is 45.2 Å². The van der Waals surface area contributed by atoms with Crippen LogP contribution in [-0.4, -0.2) is 40.1 Å². The second kappa shape index (κ2) is 5.53. The van der Waals surface area contributed by atoms with E-state index in [0.29, 0.717) is 6.04 Å². The van der Waals surface area contributed by atoms with Crippen LogP contribution in [0.15, 0.2) is 6.20 Å². The highest BCUT2D eigenvalue weighted by atomic mass is 15.3. The minimum Gasteiger partial charge on any atom is -0.351 e. The third kappa shape index (κ3) is 2.78. The molecule has 0 saturated carbocycles. The van der Waals surface area contributed by atoms with Gasteiger partial charge in [0.05, 0.1) is 5.69 Å². The van der Waals surface area contributed by atoms with Crippen LogP contribution in [0.5, 0.6) is 0 Å². The van der Waals surface area contributed by atoms with Crippen molar-refractivity contribution in [3.63, 3.8) is 0 Å². The Hall–Kier alpha value is -1.03. The fourth-order valence-electron chi connectivity index (χ4n) is 3.46. The monoisotopic (exact) mass is 262 g/mol. The Morgan fingerprint density at radius 2 is 2.16 bits per heavy atom. The summed E-state index contributed by atoms with van der Waals surface area (Å²) in [4.78, 5) is 7.26. The van der Waals surface area contributed by atoms with E-state index in [2.05, 4.69) is 39.8 Å². The molecule has 1 N–H and O–H groups in total. The van der Waals surface area contributed by atoms with Gasteiger partial charge in [-0.1, -0.05) is 13.3 Å². The maximum absolute atomic E-state index is 4.67. The molecule has 19 heavy (non-hydrogen) atoms. The van der Waals surface area contributed by atoms with E-state index in [1.54, 1.807) is 0 Å². The number of fused-ring (bicyclic) bond motifs is 3. The zero-order chi connectivity index (χ0) is 13.2. The molecule has 3 fully saturated rings. The van der Waals surface area contributed by atoms with Crippen molar-refractivity contribution in [2.45, 2.75) is 52.1 Å². The summed E-state index contributed by atoms with van der Waals surface area (Å²) in [6.45, 7) is 9.21. The fourth-order valence-corrected chi connectivity index (χ4v) is 3.46. The number of hydrogen-bond acceptors (Lipinski definition) is 3. The highest BCUT2D eigenvalue weighted by molar-refractivity contribution is 5.31. The third-order valence-corrected chi connectivity index (χ3v) is 4.62. The Labute approximate surface area is 116 Å². The summed E-state index contributed by atoms with van der Waals surface area (Å²) in [5, 5.41) is 3.72. The standard InChI is InChI=1S/C15H26N4/c1-3-4-7-19-10-12(2)16-15(19)17-14-11-18-8-5-13(14)6-9-18/h10,13-14H,3-9,11H2,1-2H3,(H,16,17). The molecular formula is C15H26N4. The normalized spacial score (nSPS) is 29.7. The number of aryl methyl sites for hydroxylation is 2. The SMILES string of the molecule is CCCCn1cc(C)nc1NC1CN2CCC1CC2. The summed E-state index contributed by atoms with van der Waals surface area (Å²) >= 11 is 0. The van der Waals surface area contributed by atoms with E-state index in [9.17, 15) is 0 Å². The molecule has 3 saturated heterocycles. The van der Waals surface area contributed by atoms with Crippen molar-refractivity contribution in [2.24, 2.45) is 5.92 Å². The molecule has 0 aliphatic carbocycles. The van der Waals surface area contributed by atoms with Crippen LogP contribution < -0.4 is 5.32 Å². The molecule has 4 rings (SSSR count). The Balaban J connectivity index is 1.68. The molecule has 3 aliphatic heterocycles. The van der Waals surface area contributed by atoms with Gasteiger partial charge in [-0.2, -0.15) is 0 Å². The molecule has 0 radical (unpaired) electrons. The van der Waals surface area contributed by atoms with Gasteiger partial charge in [-0.25, -0.2) is 4.98 Å². The van der Waals surface area contributed by atoms with Crippen LogP contribution in [-0.2, 0) is 6.54 Å². The largest absolute Gasteiger partial charge is 0.351 e. The third-order valence-electron chi connectivity index (χ3n) is 4.62. The van der Waals surface area contributed by atoms with Gasteiger partial charge >= 0.3 is 0 Å². The lowest BCUT2D eigenvalue weighted by atomic mass is 9.84. The number of piperidine rings is 3. The molecule has 0 aromatic carbocycles. The van der Waals surface area contributed by atoms with Crippen molar-refractivity contribution in [1.29, 1.82) is 0 Å². The second-order valence-electron chi connectivity index (χ2n) is 6.14. The summed E-state index contributed by atoms with van der Waals surface area (Å²) in [6, 6.07) is 0.602. The summed E-state index contributed by atoms with van der Waals surface area (Å²) in [5.41, 5.74) is 1.12. The van der Waals surface area contributed by atoms with Crippen LogP contribution in [0.4, 0.5) is 5.95 Å². The van der Waals surface area contributed by atoms with Gasteiger partial charge in [-0.15, -0.1) is 0 Å². The number of nitrogens with one attached hydrogen (secondary N) is 1. The molecule has 1 atom stereocenters. The van der Waals surface area contributed by atoms with E-state index >= 15 is 0 Å². The predicted octanol–water partition coefficient (Wildman–Crippen LogP) is 2.50. The van der Waals surface area contributed by atoms with Gasteiger partial charge in [0.2, 0.25) is 5.95 Å². The molecule has 0 amide bonds. The number of aromatic nitrogens is 2. The van der Waals surface area contributed by atoms with Crippen LogP contribution >= 0.6 is 0 Å². The van der Waals surface area contributed by atoms with Crippen LogP contribution in [0.2, 0.25) is 0 Å². The lowest BCUT2D eigenvalue weighted by Gasteiger charge is -2.45. The number of unbranched alkanes of at least 4 members (excludes halogenated alkanes) is 1. The minimum absolute atomic E-state index is 0.602. The molecule has 4 nitrogen and oxygen atoms in total. The Morgan fingerprint density at radius 3 is 2.79 bits per heavy atom. The van der Waals surface area contributed by atoms with Crippen molar-refractivity contribution in [3.8, 4) is 0 Å². The Bertz CT molecular complexity index is 418. The average Bonchev–Trinajstić information content (AvgIpc) is 2.78. The number of rotatable bonds is 5. The molecule has 4 heterocycles. The highest BCUT2D eigenvalue weighted by Crippen LogP contribution is 2.29. The van der Waals surface area contributed by atoms with E-state index in [-0.39, 0.29) is 0 Å². The zero-order valence-corrected chi connectivity index (χ0v) is 12.2. The Morgan fingerprint density at radius 1 is 1.37 bits per heavy atom. The van der Waals surface area contributed by atoms with E-state index < -0.39 is 0 Å². The number of hydrogen-bond donors (Lipinski definition) is 1. The van der Waals surface area contributed by atoms with Crippen molar-refractivity contribution in [1.82, 2.24) is 14.5 Å². The van der Waals surface area contributed by atoms with Gasteiger partial charge < -0.3 is 14.8 Å². The maximum atomic E-state index is 4.67. The second-order valence-corrected chi connectivity index (χ2v) is 6.14. The van der Waals surface area contributed by atoms with E-state index in [1.807, 2.05) is 0 Å². The summed E-state index contributed by atoms with van der Waals surface area (Å²) in [5.74, 6) is 1.94. The smallest absolute Gasteiger partial charge is 0.203 e. The average molecular weight is 262 g/mol. The van der Waals surface area contributed by atoms with Gasteiger partial charge in [0.1, 0.15) is 0 Å². The van der Waals surface area contributed by atoms with Crippen molar-refractivity contribution < 1.29 is 0 Å². The first kappa shape index (κ1) is 13.0. The molecule has 3 aliphatic rings. The van der Waals surface area contributed by atoms with E-state index in [0.717, 1.165) is 24.1 Å². The molecular weight excluding hydrogens is 236 g/mol. The first-order valence-electron chi connectivity index (χ1n) is 7.79. The quantitative estimate of drug-likeness (QED) is 0.885.